The van der Waals surface area contributed by atoms with E-state index in [1.54, 1.807) is 0 Å². The molecule has 84 valence electrons. The predicted octanol–water partition coefficient (Wildman–Crippen LogP) is 1.87. The Morgan fingerprint density at radius 2 is 2.25 bits per heavy atom. The molecule has 5 nitrogen and oxygen atoms in total. The maximum atomic E-state index is 5.70. The Morgan fingerprint density at radius 1 is 1.44 bits per heavy atom. The molecule has 0 saturated heterocycles. The maximum Gasteiger partial charge on any atom is 0.146 e. The monoisotopic (exact) mass is 217 g/mol. The van der Waals surface area contributed by atoms with Crippen molar-refractivity contribution in [1.29, 1.82) is 0 Å². The molecule has 4 N–H and O–H groups in total. The zero-order valence-electron chi connectivity index (χ0n) is 9.36. The van der Waals surface area contributed by atoms with Crippen LogP contribution in [0.1, 0.15) is 24.4 Å². The van der Waals surface area contributed by atoms with E-state index in [4.69, 9.17) is 5.73 Å². The van der Waals surface area contributed by atoms with E-state index in [1.165, 1.54) is 6.33 Å². The second-order valence-corrected chi connectivity index (χ2v) is 3.81. The van der Waals surface area contributed by atoms with Gasteiger partial charge in [0, 0.05) is 11.4 Å². The van der Waals surface area contributed by atoms with Gasteiger partial charge in [-0.15, -0.1) is 0 Å². The van der Waals surface area contributed by atoms with Gasteiger partial charge < -0.3 is 11.1 Å². The molecule has 2 aromatic rings. The summed E-state index contributed by atoms with van der Waals surface area (Å²) in [6.45, 7) is 4.04. The second kappa shape index (κ2) is 4.22. The molecule has 0 spiro atoms. The molecular formula is C11H15N5. The summed E-state index contributed by atoms with van der Waals surface area (Å²) in [7, 11) is 0. The molecule has 0 fully saturated rings. The highest BCUT2D eigenvalue weighted by Gasteiger charge is 2.09. The predicted molar refractivity (Wildman–Crippen MR) is 64.0 cm³/mol. The van der Waals surface area contributed by atoms with Crippen molar-refractivity contribution in [2.75, 3.05) is 11.1 Å². The summed E-state index contributed by atoms with van der Waals surface area (Å²) >= 11 is 0. The minimum Gasteiger partial charge on any atom is -0.399 e. The van der Waals surface area contributed by atoms with Crippen LogP contribution in [0.15, 0.2) is 24.5 Å². The third-order valence-corrected chi connectivity index (χ3v) is 2.47. The minimum absolute atomic E-state index is 0.0878. The molecule has 5 heteroatoms. The average molecular weight is 217 g/mol. The highest BCUT2D eigenvalue weighted by atomic mass is 15.2. The smallest absolute Gasteiger partial charge is 0.146 e. The number of nitrogens with zero attached hydrogens (tertiary/aromatic N) is 2. The summed E-state index contributed by atoms with van der Waals surface area (Å²) in [5.74, 6) is 0.816. The number of nitrogens with one attached hydrogen (secondary N) is 2. The quantitative estimate of drug-likeness (QED) is 0.686. The molecule has 0 bridgehead atoms. The van der Waals surface area contributed by atoms with Crippen molar-refractivity contribution in [2.24, 2.45) is 0 Å². The summed E-state index contributed by atoms with van der Waals surface area (Å²) in [5.41, 5.74) is 8.64. The second-order valence-electron chi connectivity index (χ2n) is 3.81. The number of hydrogen-bond donors (Lipinski definition) is 3. The molecule has 1 unspecified atom stereocenters. The minimum atomic E-state index is 0.0878. The standard InChI is InChI=1S/C11H15N5/c1-7-5-9(12)3-4-10(7)15-8(2)11-13-6-14-16-11/h3-6,8,15H,12H2,1-2H3,(H,13,14,16). The van der Waals surface area contributed by atoms with Crippen molar-refractivity contribution >= 4 is 11.4 Å². The van der Waals surface area contributed by atoms with Crippen LogP contribution in [0.25, 0.3) is 0 Å². The van der Waals surface area contributed by atoms with Crippen LogP contribution < -0.4 is 11.1 Å². The first-order chi connectivity index (χ1) is 7.66. The van der Waals surface area contributed by atoms with Crippen LogP contribution in [0.2, 0.25) is 0 Å². The summed E-state index contributed by atoms with van der Waals surface area (Å²) in [5, 5.41) is 10.0. The fraction of sp³-hybridized carbons (Fsp3) is 0.273. The van der Waals surface area contributed by atoms with E-state index >= 15 is 0 Å². The van der Waals surface area contributed by atoms with Crippen molar-refractivity contribution in [3.63, 3.8) is 0 Å². The van der Waals surface area contributed by atoms with Crippen LogP contribution in [0, 0.1) is 6.92 Å². The summed E-state index contributed by atoms with van der Waals surface area (Å²) < 4.78 is 0. The number of rotatable bonds is 3. The molecule has 0 aliphatic rings. The van der Waals surface area contributed by atoms with Crippen molar-refractivity contribution in [3.05, 3.63) is 35.9 Å². The number of aryl methyl sites for hydroxylation is 1. The Bertz CT molecular complexity index is 463. The molecule has 0 saturated carbocycles. The van der Waals surface area contributed by atoms with Gasteiger partial charge in [-0.3, -0.25) is 5.10 Å². The SMILES string of the molecule is Cc1cc(N)ccc1NC(C)c1ncn[nH]1. The lowest BCUT2D eigenvalue weighted by atomic mass is 10.1. The maximum absolute atomic E-state index is 5.70. The Balaban J connectivity index is 2.15. The van der Waals surface area contributed by atoms with Gasteiger partial charge in [-0.2, -0.15) is 5.10 Å². The number of nitrogen functional groups attached to an aromatic ring is 1. The molecule has 0 amide bonds. The molecule has 0 aliphatic carbocycles. The van der Waals surface area contributed by atoms with Crippen LogP contribution in [0.5, 0.6) is 0 Å². The van der Waals surface area contributed by atoms with Crippen LogP contribution in [-0.2, 0) is 0 Å². The lowest BCUT2D eigenvalue weighted by Crippen LogP contribution is -2.09. The fourth-order valence-corrected chi connectivity index (χ4v) is 1.57. The van der Waals surface area contributed by atoms with Crippen LogP contribution in [0.3, 0.4) is 0 Å². The number of aromatic nitrogens is 3. The van der Waals surface area contributed by atoms with Gasteiger partial charge in [-0.25, -0.2) is 4.98 Å². The van der Waals surface area contributed by atoms with Gasteiger partial charge in [0.25, 0.3) is 0 Å². The highest BCUT2D eigenvalue weighted by molar-refractivity contribution is 5.57. The number of aromatic amines is 1. The molecule has 1 aromatic heterocycles. The Kier molecular flexibility index (Phi) is 2.76. The molecule has 2 rings (SSSR count). The van der Waals surface area contributed by atoms with E-state index in [0.717, 1.165) is 22.8 Å². The van der Waals surface area contributed by atoms with Crippen molar-refractivity contribution in [3.8, 4) is 0 Å². The number of anilines is 2. The zero-order valence-corrected chi connectivity index (χ0v) is 9.36. The van der Waals surface area contributed by atoms with Gasteiger partial charge in [0.05, 0.1) is 6.04 Å². The van der Waals surface area contributed by atoms with Crippen LogP contribution in [-0.4, -0.2) is 15.2 Å². The topological polar surface area (TPSA) is 79.6 Å². The van der Waals surface area contributed by atoms with E-state index in [9.17, 15) is 0 Å². The first-order valence-electron chi connectivity index (χ1n) is 5.15. The first kappa shape index (κ1) is 10.5. The third kappa shape index (κ3) is 2.13. The van der Waals surface area contributed by atoms with Gasteiger partial charge in [-0.05, 0) is 37.6 Å². The van der Waals surface area contributed by atoms with Gasteiger partial charge >= 0.3 is 0 Å². The Labute approximate surface area is 94.1 Å². The van der Waals surface area contributed by atoms with Crippen molar-refractivity contribution in [2.45, 2.75) is 19.9 Å². The van der Waals surface area contributed by atoms with Crippen molar-refractivity contribution < 1.29 is 0 Å². The zero-order chi connectivity index (χ0) is 11.5. The number of nitrogens with two attached hydrogens (primary N) is 1. The highest BCUT2D eigenvalue weighted by Crippen LogP contribution is 2.21. The first-order valence-corrected chi connectivity index (χ1v) is 5.15. The summed E-state index contributed by atoms with van der Waals surface area (Å²) in [4.78, 5) is 4.11. The fourth-order valence-electron chi connectivity index (χ4n) is 1.57. The lowest BCUT2D eigenvalue weighted by molar-refractivity contribution is 0.794. The summed E-state index contributed by atoms with van der Waals surface area (Å²) in [6.07, 6.45) is 1.50. The molecule has 16 heavy (non-hydrogen) atoms. The Hall–Kier alpha value is -2.04. The van der Waals surface area contributed by atoms with Gasteiger partial charge in [0.1, 0.15) is 12.2 Å². The van der Waals surface area contributed by atoms with E-state index in [0.29, 0.717) is 0 Å². The number of benzene rings is 1. The van der Waals surface area contributed by atoms with Crippen LogP contribution >= 0.6 is 0 Å². The van der Waals surface area contributed by atoms with Gasteiger partial charge in [-0.1, -0.05) is 0 Å². The summed E-state index contributed by atoms with van der Waals surface area (Å²) in [6, 6.07) is 5.87. The van der Waals surface area contributed by atoms with Gasteiger partial charge in [0.2, 0.25) is 0 Å². The Morgan fingerprint density at radius 3 is 2.88 bits per heavy atom. The largest absolute Gasteiger partial charge is 0.399 e. The van der Waals surface area contributed by atoms with E-state index in [2.05, 4.69) is 20.5 Å². The molecule has 0 aliphatic heterocycles. The molecule has 1 aromatic carbocycles. The van der Waals surface area contributed by atoms with Gasteiger partial charge in [0.15, 0.2) is 0 Å². The average Bonchev–Trinajstić information content (AvgIpc) is 2.75. The molecule has 1 atom stereocenters. The normalized spacial score (nSPS) is 12.4. The molecular weight excluding hydrogens is 202 g/mol. The third-order valence-electron chi connectivity index (χ3n) is 2.47. The van der Waals surface area contributed by atoms with E-state index < -0.39 is 0 Å². The van der Waals surface area contributed by atoms with E-state index in [1.807, 2.05) is 32.0 Å². The van der Waals surface area contributed by atoms with Crippen LogP contribution in [0.4, 0.5) is 11.4 Å². The molecule has 1 heterocycles. The molecule has 0 radical (unpaired) electrons. The lowest BCUT2D eigenvalue weighted by Gasteiger charge is -2.14. The van der Waals surface area contributed by atoms with E-state index in [-0.39, 0.29) is 6.04 Å². The van der Waals surface area contributed by atoms with Crippen molar-refractivity contribution in [1.82, 2.24) is 15.2 Å². The number of H-pyrrole nitrogens is 1. The number of hydrogen-bond acceptors (Lipinski definition) is 4.